The molecule has 0 amide bonds. The molecule has 0 saturated heterocycles. The van der Waals surface area contributed by atoms with E-state index in [1.807, 2.05) is 49.0 Å². The van der Waals surface area contributed by atoms with Crippen molar-refractivity contribution in [1.82, 2.24) is 9.78 Å². The van der Waals surface area contributed by atoms with Gasteiger partial charge in [-0.3, -0.25) is 4.68 Å². The van der Waals surface area contributed by atoms with Gasteiger partial charge < -0.3 is 5.11 Å². The Morgan fingerprint density at radius 1 is 1.35 bits per heavy atom. The summed E-state index contributed by atoms with van der Waals surface area (Å²) in [5.41, 5.74) is 2.98. The summed E-state index contributed by atoms with van der Waals surface area (Å²) in [6, 6.07) is 9.96. The average Bonchev–Trinajstić information content (AvgIpc) is 2.58. The van der Waals surface area contributed by atoms with Crippen LogP contribution in [-0.4, -0.2) is 14.9 Å². The van der Waals surface area contributed by atoms with Gasteiger partial charge in [0.1, 0.15) is 0 Å². The van der Waals surface area contributed by atoms with Gasteiger partial charge in [0.05, 0.1) is 11.8 Å². The van der Waals surface area contributed by atoms with Crippen LogP contribution < -0.4 is 0 Å². The van der Waals surface area contributed by atoms with Crippen LogP contribution in [0.25, 0.3) is 0 Å². The lowest BCUT2D eigenvalue weighted by molar-refractivity contribution is 0.176. The maximum Gasteiger partial charge on any atom is 0.0845 e. The third kappa shape index (κ3) is 3.07. The van der Waals surface area contributed by atoms with Gasteiger partial charge in [-0.05, 0) is 53.3 Å². The van der Waals surface area contributed by atoms with Crippen LogP contribution in [0.5, 0.6) is 0 Å². The summed E-state index contributed by atoms with van der Waals surface area (Å²) >= 11 is 2.26. The van der Waals surface area contributed by atoms with Crippen LogP contribution >= 0.6 is 22.6 Å². The van der Waals surface area contributed by atoms with Crippen LogP contribution in [-0.2, 0) is 13.5 Å². The largest absolute Gasteiger partial charge is 0.388 e. The summed E-state index contributed by atoms with van der Waals surface area (Å²) in [5, 5.41) is 14.4. The van der Waals surface area contributed by atoms with Crippen LogP contribution in [0.1, 0.15) is 23.1 Å². The lowest BCUT2D eigenvalue weighted by Gasteiger charge is -2.11. The number of hydrogen-bond acceptors (Lipinski definition) is 2. The molecule has 1 N–H and O–H groups in total. The molecule has 2 aromatic rings. The van der Waals surface area contributed by atoms with Crippen LogP contribution in [0.4, 0.5) is 0 Å². The van der Waals surface area contributed by atoms with Gasteiger partial charge in [0.15, 0.2) is 0 Å². The lowest BCUT2D eigenvalue weighted by Crippen LogP contribution is -2.06. The second kappa shape index (κ2) is 5.18. The Balaban J connectivity index is 2.13. The van der Waals surface area contributed by atoms with E-state index in [1.54, 1.807) is 0 Å². The minimum Gasteiger partial charge on any atom is -0.388 e. The number of benzene rings is 1. The molecule has 0 aliphatic rings. The van der Waals surface area contributed by atoms with Crippen LogP contribution in [0, 0.1) is 10.5 Å². The van der Waals surface area contributed by atoms with Crippen molar-refractivity contribution in [3.63, 3.8) is 0 Å². The number of aliphatic hydroxyl groups excluding tert-OH is 1. The van der Waals surface area contributed by atoms with Gasteiger partial charge in [0, 0.05) is 22.7 Å². The highest BCUT2D eigenvalue weighted by atomic mass is 127. The molecule has 0 aliphatic heterocycles. The molecular weight excluding hydrogens is 327 g/mol. The number of hydrogen-bond donors (Lipinski definition) is 1. The second-order valence-corrected chi connectivity index (χ2v) is 5.42. The van der Waals surface area contributed by atoms with Gasteiger partial charge >= 0.3 is 0 Å². The Labute approximate surface area is 115 Å². The van der Waals surface area contributed by atoms with Gasteiger partial charge in [-0.2, -0.15) is 5.10 Å². The molecule has 0 saturated carbocycles. The Morgan fingerprint density at radius 3 is 2.53 bits per heavy atom. The van der Waals surface area contributed by atoms with Gasteiger partial charge in [-0.15, -0.1) is 0 Å². The fraction of sp³-hybridized carbons (Fsp3) is 0.308. The molecule has 90 valence electrons. The zero-order chi connectivity index (χ0) is 12.4. The van der Waals surface area contributed by atoms with E-state index in [1.165, 1.54) is 3.57 Å². The smallest absolute Gasteiger partial charge is 0.0845 e. The van der Waals surface area contributed by atoms with E-state index in [0.29, 0.717) is 6.42 Å². The maximum atomic E-state index is 10.2. The molecule has 1 aromatic carbocycles. The van der Waals surface area contributed by atoms with E-state index < -0.39 is 6.10 Å². The number of aromatic nitrogens is 2. The lowest BCUT2D eigenvalue weighted by atomic mass is 10.1. The molecule has 0 aliphatic carbocycles. The summed E-state index contributed by atoms with van der Waals surface area (Å²) in [4.78, 5) is 0. The van der Waals surface area contributed by atoms with Gasteiger partial charge in [0.25, 0.3) is 0 Å². The van der Waals surface area contributed by atoms with Crippen molar-refractivity contribution in [1.29, 1.82) is 0 Å². The van der Waals surface area contributed by atoms with Gasteiger partial charge in [-0.25, -0.2) is 0 Å². The quantitative estimate of drug-likeness (QED) is 0.871. The van der Waals surface area contributed by atoms with Crippen molar-refractivity contribution in [3.8, 4) is 0 Å². The number of aryl methyl sites for hydroxylation is 2. The third-order valence-corrected chi connectivity index (χ3v) is 3.48. The first kappa shape index (κ1) is 12.6. The molecule has 0 radical (unpaired) electrons. The zero-order valence-electron chi connectivity index (χ0n) is 9.89. The van der Waals surface area contributed by atoms with Crippen molar-refractivity contribution in [2.24, 2.45) is 7.05 Å². The molecule has 3 nitrogen and oxygen atoms in total. The highest BCUT2D eigenvalue weighted by Gasteiger charge is 2.11. The van der Waals surface area contributed by atoms with E-state index in [0.717, 1.165) is 17.0 Å². The van der Waals surface area contributed by atoms with Crippen molar-refractivity contribution in [2.45, 2.75) is 19.4 Å². The highest BCUT2D eigenvalue weighted by Crippen LogP contribution is 2.19. The SMILES string of the molecule is Cc1cc(CC(O)c2ccc(I)cc2)n(C)n1. The standard InChI is InChI=1S/C13H15IN2O/c1-9-7-12(16(2)15-9)8-13(17)10-3-5-11(14)6-4-10/h3-7,13,17H,8H2,1-2H3. The van der Waals surface area contributed by atoms with Crippen molar-refractivity contribution in [3.05, 3.63) is 50.9 Å². The number of rotatable bonds is 3. The maximum absolute atomic E-state index is 10.2. The molecule has 1 atom stereocenters. The first-order valence-electron chi connectivity index (χ1n) is 5.49. The molecule has 2 rings (SSSR count). The summed E-state index contributed by atoms with van der Waals surface area (Å²) in [6.07, 6.45) is 0.125. The molecule has 1 unspecified atom stereocenters. The van der Waals surface area contributed by atoms with E-state index >= 15 is 0 Å². The van der Waals surface area contributed by atoms with Crippen molar-refractivity contribution in [2.75, 3.05) is 0 Å². The Bertz CT molecular complexity index is 505. The Hall–Kier alpha value is -0.880. The fourth-order valence-corrected chi connectivity index (χ4v) is 2.22. The molecule has 0 spiro atoms. The normalized spacial score (nSPS) is 12.7. The van der Waals surface area contributed by atoms with Crippen LogP contribution in [0.3, 0.4) is 0 Å². The van der Waals surface area contributed by atoms with E-state index in [-0.39, 0.29) is 0 Å². The van der Waals surface area contributed by atoms with Crippen molar-refractivity contribution >= 4 is 22.6 Å². The van der Waals surface area contributed by atoms with Crippen LogP contribution in [0.2, 0.25) is 0 Å². The minimum absolute atomic E-state index is 0.471. The van der Waals surface area contributed by atoms with Crippen LogP contribution in [0.15, 0.2) is 30.3 Å². The number of aliphatic hydroxyl groups is 1. The predicted molar refractivity (Wildman–Crippen MR) is 75.8 cm³/mol. The van der Waals surface area contributed by atoms with Crippen molar-refractivity contribution < 1.29 is 5.11 Å². The topological polar surface area (TPSA) is 38.0 Å². The molecule has 1 aromatic heterocycles. The molecule has 1 heterocycles. The molecule has 0 fully saturated rings. The fourth-order valence-electron chi connectivity index (χ4n) is 1.86. The molecular formula is C13H15IN2O. The molecule has 4 heteroatoms. The highest BCUT2D eigenvalue weighted by molar-refractivity contribution is 14.1. The Kier molecular flexibility index (Phi) is 3.83. The summed E-state index contributed by atoms with van der Waals surface area (Å²) in [5.74, 6) is 0. The number of nitrogens with zero attached hydrogens (tertiary/aromatic N) is 2. The first-order chi connectivity index (χ1) is 8.06. The van der Waals surface area contributed by atoms with E-state index in [4.69, 9.17) is 0 Å². The van der Waals surface area contributed by atoms with E-state index in [2.05, 4.69) is 27.7 Å². The van der Waals surface area contributed by atoms with Gasteiger partial charge in [-0.1, -0.05) is 12.1 Å². The molecule has 0 bridgehead atoms. The second-order valence-electron chi connectivity index (χ2n) is 4.17. The summed E-state index contributed by atoms with van der Waals surface area (Å²) in [7, 11) is 1.91. The predicted octanol–water partition coefficient (Wildman–Crippen LogP) is 2.61. The summed E-state index contributed by atoms with van der Waals surface area (Å²) < 4.78 is 3.00. The third-order valence-electron chi connectivity index (χ3n) is 2.76. The Morgan fingerprint density at radius 2 is 2.00 bits per heavy atom. The minimum atomic E-state index is -0.471. The average molecular weight is 342 g/mol. The monoisotopic (exact) mass is 342 g/mol. The zero-order valence-corrected chi connectivity index (χ0v) is 12.0. The van der Waals surface area contributed by atoms with Gasteiger partial charge in [0.2, 0.25) is 0 Å². The summed E-state index contributed by atoms with van der Waals surface area (Å²) in [6.45, 7) is 1.96. The number of halogens is 1. The molecule has 17 heavy (non-hydrogen) atoms. The van der Waals surface area contributed by atoms with E-state index in [9.17, 15) is 5.11 Å². The first-order valence-corrected chi connectivity index (χ1v) is 6.57.